The highest BCUT2D eigenvalue weighted by Gasteiger charge is 2.31. The number of fused-ring (bicyclic) bond motifs is 1. The highest BCUT2D eigenvalue weighted by atomic mass is 16.5. The van der Waals surface area contributed by atoms with Crippen LogP contribution in [0.4, 0.5) is 0 Å². The number of methoxy groups -OCH3 is 1. The molecule has 0 saturated carbocycles. The maximum atomic E-state index is 12.8. The first kappa shape index (κ1) is 16.5. The largest absolute Gasteiger partial charge is 0.451 e. The number of carbonyl (C=O) groups excluding carboxylic acids is 1. The van der Waals surface area contributed by atoms with Gasteiger partial charge in [0.1, 0.15) is 17.7 Å². The van der Waals surface area contributed by atoms with E-state index in [2.05, 4.69) is 15.1 Å². The summed E-state index contributed by atoms with van der Waals surface area (Å²) in [5, 5.41) is 4.69. The van der Waals surface area contributed by atoms with Crippen molar-refractivity contribution < 1.29 is 18.4 Å². The standard InChI is InChI=1S/C17H19N5O4/c1-11-16(26-10-18-11)17(23)21-4-3-14-12(7-21)15(13-8-25-9-19-13)20-22(14)5-6-24-2/h8-10H,3-7H2,1-2H3. The van der Waals surface area contributed by atoms with Gasteiger partial charge in [0.2, 0.25) is 5.76 Å². The summed E-state index contributed by atoms with van der Waals surface area (Å²) in [7, 11) is 1.66. The van der Waals surface area contributed by atoms with Crippen molar-refractivity contribution in [3.63, 3.8) is 0 Å². The summed E-state index contributed by atoms with van der Waals surface area (Å²) in [6, 6.07) is 0. The van der Waals surface area contributed by atoms with E-state index in [-0.39, 0.29) is 11.7 Å². The number of ether oxygens (including phenoxy) is 1. The summed E-state index contributed by atoms with van der Waals surface area (Å²) < 4.78 is 17.5. The van der Waals surface area contributed by atoms with E-state index in [4.69, 9.17) is 13.6 Å². The van der Waals surface area contributed by atoms with Gasteiger partial charge in [-0.25, -0.2) is 9.97 Å². The fourth-order valence-corrected chi connectivity index (χ4v) is 3.21. The molecule has 1 amide bonds. The number of hydrogen-bond donors (Lipinski definition) is 0. The van der Waals surface area contributed by atoms with Crippen LogP contribution in [0, 0.1) is 6.92 Å². The van der Waals surface area contributed by atoms with E-state index in [0.29, 0.717) is 44.0 Å². The smallest absolute Gasteiger partial charge is 0.291 e. The second-order valence-corrected chi connectivity index (χ2v) is 6.11. The van der Waals surface area contributed by atoms with Gasteiger partial charge in [-0.2, -0.15) is 5.10 Å². The van der Waals surface area contributed by atoms with Crippen LogP contribution >= 0.6 is 0 Å². The molecule has 26 heavy (non-hydrogen) atoms. The highest BCUT2D eigenvalue weighted by Crippen LogP contribution is 2.30. The van der Waals surface area contributed by atoms with Crippen LogP contribution in [0.15, 0.2) is 27.9 Å². The van der Waals surface area contributed by atoms with E-state index in [1.807, 2.05) is 4.68 Å². The van der Waals surface area contributed by atoms with Gasteiger partial charge in [0.15, 0.2) is 12.8 Å². The Kier molecular flexibility index (Phi) is 4.29. The van der Waals surface area contributed by atoms with Crippen molar-refractivity contribution in [3.8, 4) is 11.4 Å². The summed E-state index contributed by atoms with van der Waals surface area (Å²) in [6.07, 6.45) is 4.93. The van der Waals surface area contributed by atoms with Crippen LogP contribution in [0.1, 0.15) is 27.5 Å². The molecule has 0 N–H and O–H groups in total. The van der Waals surface area contributed by atoms with Gasteiger partial charge < -0.3 is 18.5 Å². The van der Waals surface area contributed by atoms with Crippen molar-refractivity contribution in [1.29, 1.82) is 0 Å². The van der Waals surface area contributed by atoms with Gasteiger partial charge in [0, 0.05) is 31.3 Å². The Bertz CT molecular complexity index is 912. The maximum absolute atomic E-state index is 12.8. The number of nitrogens with zero attached hydrogens (tertiary/aromatic N) is 5. The summed E-state index contributed by atoms with van der Waals surface area (Å²) >= 11 is 0. The third kappa shape index (κ3) is 2.80. The van der Waals surface area contributed by atoms with Gasteiger partial charge in [0.25, 0.3) is 5.91 Å². The maximum Gasteiger partial charge on any atom is 0.291 e. The fourth-order valence-electron chi connectivity index (χ4n) is 3.21. The van der Waals surface area contributed by atoms with Crippen molar-refractivity contribution in [2.24, 2.45) is 0 Å². The number of aryl methyl sites for hydroxylation is 1. The molecule has 0 aliphatic carbocycles. The van der Waals surface area contributed by atoms with Crippen LogP contribution in [0.25, 0.3) is 11.4 Å². The molecule has 9 nitrogen and oxygen atoms in total. The van der Waals surface area contributed by atoms with Crippen molar-refractivity contribution in [2.45, 2.75) is 26.4 Å². The fraction of sp³-hybridized carbons (Fsp3) is 0.412. The molecule has 9 heteroatoms. The van der Waals surface area contributed by atoms with Crippen molar-refractivity contribution >= 4 is 5.91 Å². The zero-order chi connectivity index (χ0) is 18.1. The molecular formula is C17H19N5O4. The average Bonchev–Trinajstić information content (AvgIpc) is 3.38. The van der Waals surface area contributed by atoms with Gasteiger partial charge in [-0.15, -0.1) is 0 Å². The highest BCUT2D eigenvalue weighted by molar-refractivity contribution is 5.92. The molecule has 4 heterocycles. The van der Waals surface area contributed by atoms with E-state index in [1.165, 1.54) is 12.8 Å². The molecule has 4 rings (SSSR count). The molecule has 1 aliphatic rings. The normalized spacial score (nSPS) is 13.8. The lowest BCUT2D eigenvalue weighted by Gasteiger charge is -2.27. The predicted molar refractivity (Wildman–Crippen MR) is 89.3 cm³/mol. The second kappa shape index (κ2) is 6.75. The minimum atomic E-state index is -0.165. The Labute approximate surface area is 149 Å². The van der Waals surface area contributed by atoms with Crippen LogP contribution in [0.3, 0.4) is 0 Å². The molecule has 0 atom stereocenters. The van der Waals surface area contributed by atoms with Crippen LogP contribution in [0.5, 0.6) is 0 Å². The van der Waals surface area contributed by atoms with Gasteiger partial charge >= 0.3 is 0 Å². The molecule has 0 radical (unpaired) electrons. The lowest BCUT2D eigenvalue weighted by molar-refractivity contribution is 0.0699. The molecule has 1 aliphatic heterocycles. The van der Waals surface area contributed by atoms with Crippen LogP contribution in [-0.4, -0.2) is 50.8 Å². The Morgan fingerprint density at radius 1 is 1.35 bits per heavy atom. The van der Waals surface area contributed by atoms with Crippen LogP contribution in [-0.2, 0) is 24.2 Å². The van der Waals surface area contributed by atoms with Crippen molar-refractivity contribution in [3.05, 3.63) is 41.8 Å². The number of carbonyl (C=O) groups is 1. The number of amides is 1. The summed E-state index contributed by atoms with van der Waals surface area (Å²) in [5.74, 6) is 0.115. The number of rotatable bonds is 5. The van der Waals surface area contributed by atoms with E-state index in [0.717, 1.165) is 17.0 Å². The van der Waals surface area contributed by atoms with E-state index >= 15 is 0 Å². The lowest BCUT2D eigenvalue weighted by Crippen LogP contribution is -2.36. The predicted octanol–water partition coefficient (Wildman–Crippen LogP) is 1.68. The average molecular weight is 357 g/mol. The molecule has 0 aromatic carbocycles. The van der Waals surface area contributed by atoms with Crippen molar-refractivity contribution in [1.82, 2.24) is 24.6 Å². The molecule has 3 aromatic heterocycles. The molecule has 0 fully saturated rings. The summed E-state index contributed by atoms with van der Waals surface area (Å²) in [6.45, 7) is 3.99. The molecular weight excluding hydrogens is 338 g/mol. The van der Waals surface area contributed by atoms with Crippen molar-refractivity contribution in [2.75, 3.05) is 20.3 Å². The van der Waals surface area contributed by atoms with E-state index < -0.39 is 0 Å². The first-order chi connectivity index (χ1) is 12.7. The summed E-state index contributed by atoms with van der Waals surface area (Å²) in [4.78, 5) is 22.8. The van der Waals surface area contributed by atoms with Gasteiger partial charge in [-0.3, -0.25) is 9.48 Å². The molecule has 3 aromatic rings. The summed E-state index contributed by atoms with van der Waals surface area (Å²) in [5.41, 5.74) is 4.05. The monoisotopic (exact) mass is 357 g/mol. The molecule has 0 saturated heterocycles. The quantitative estimate of drug-likeness (QED) is 0.685. The van der Waals surface area contributed by atoms with Crippen LogP contribution in [0.2, 0.25) is 0 Å². The number of aromatic nitrogens is 4. The van der Waals surface area contributed by atoms with Gasteiger partial charge in [-0.1, -0.05) is 0 Å². The third-order valence-electron chi connectivity index (χ3n) is 4.54. The topological polar surface area (TPSA) is 99.4 Å². The zero-order valence-corrected chi connectivity index (χ0v) is 14.6. The first-order valence-electron chi connectivity index (χ1n) is 8.34. The Hall–Kier alpha value is -2.94. The zero-order valence-electron chi connectivity index (χ0n) is 14.6. The molecule has 0 spiro atoms. The third-order valence-corrected chi connectivity index (χ3v) is 4.54. The Morgan fingerprint density at radius 3 is 2.92 bits per heavy atom. The van der Waals surface area contributed by atoms with Crippen LogP contribution < -0.4 is 0 Å². The second-order valence-electron chi connectivity index (χ2n) is 6.11. The Balaban J connectivity index is 1.68. The SMILES string of the molecule is COCCn1nc(-c2cocn2)c2c1CCN(C(=O)c1ocnc1C)C2. The number of hydrogen-bond acceptors (Lipinski definition) is 7. The molecule has 136 valence electrons. The molecule has 0 unspecified atom stereocenters. The van der Waals surface area contributed by atoms with E-state index in [1.54, 1.807) is 25.2 Å². The van der Waals surface area contributed by atoms with Gasteiger partial charge in [-0.05, 0) is 6.92 Å². The minimum Gasteiger partial charge on any atom is -0.451 e. The first-order valence-corrected chi connectivity index (χ1v) is 8.34. The number of oxazole rings is 2. The molecule has 0 bridgehead atoms. The minimum absolute atomic E-state index is 0.165. The van der Waals surface area contributed by atoms with Gasteiger partial charge in [0.05, 0.1) is 25.4 Å². The Morgan fingerprint density at radius 2 is 2.23 bits per heavy atom. The van der Waals surface area contributed by atoms with E-state index in [9.17, 15) is 4.79 Å². The lowest BCUT2D eigenvalue weighted by atomic mass is 10.0.